The molecular weight excluding hydrogens is 346 g/mol. The number of anilines is 2. The highest BCUT2D eigenvalue weighted by Gasteiger charge is 2.24. The Morgan fingerprint density at radius 1 is 1.04 bits per heavy atom. The molecule has 1 aromatic heterocycles. The zero-order valence-corrected chi connectivity index (χ0v) is 16.2. The molecule has 0 aliphatic carbocycles. The predicted octanol–water partition coefficient (Wildman–Crippen LogP) is 4.70. The summed E-state index contributed by atoms with van der Waals surface area (Å²) in [7, 11) is 0. The molecule has 0 unspecified atom stereocenters. The number of hydrogen-bond acceptors (Lipinski definition) is 3. The SMILES string of the molecule is CCN(Cc1ccccc1)c1ccc(C(=O)N2CCCc3ccccc32)nc1. The van der Waals surface area contributed by atoms with E-state index in [1.54, 1.807) is 0 Å². The van der Waals surface area contributed by atoms with Gasteiger partial charge in [-0.2, -0.15) is 0 Å². The minimum atomic E-state index is -0.0233. The number of para-hydroxylation sites is 1. The van der Waals surface area contributed by atoms with Crippen molar-refractivity contribution in [2.45, 2.75) is 26.3 Å². The van der Waals surface area contributed by atoms with E-state index in [9.17, 15) is 4.79 Å². The lowest BCUT2D eigenvalue weighted by Crippen LogP contribution is -2.36. The van der Waals surface area contributed by atoms with Crippen LogP contribution in [0.2, 0.25) is 0 Å². The first-order valence-corrected chi connectivity index (χ1v) is 9.91. The molecule has 0 spiro atoms. The minimum absolute atomic E-state index is 0.0233. The molecule has 0 saturated carbocycles. The number of rotatable bonds is 5. The van der Waals surface area contributed by atoms with Gasteiger partial charge in [0, 0.05) is 25.3 Å². The third-order valence-corrected chi connectivity index (χ3v) is 5.29. The van der Waals surface area contributed by atoms with Crippen molar-refractivity contribution in [2.75, 3.05) is 22.9 Å². The fourth-order valence-corrected chi connectivity index (χ4v) is 3.77. The molecule has 4 nitrogen and oxygen atoms in total. The lowest BCUT2D eigenvalue weighted by molar-refractivity contribution is 0.0980. The van der Waals surface area contributed by atoms with Gasteiger partial charge in [0.1, 0.15) is 5.69 Å². The van der Waals surface area contributed by atoms with E-state index in [0.717, 1.165) is 43.9 Å². The van der Waals surface area contributed by atoms with Gasteiger partial charge in [0.15, 0.2) is 0 Å². The molecule has 1 amide bonds. The summed E-state index contributed by atoms with van der Waals surface area (Å²) in [6.07, 6.45) is 3.83. The molecule has 0 fully saturated rings. The van der Waals surface area contributed by atoms with Gasteiger partial charge in [0.2, 0.25) is 0 Å². The Hall–Kier alpha value is -3.14. The zero-order valence-electron chi connectivity index (χ0n) is 16.2. The molecule has 4 rings (SSSR count). The maximum Gasteiger partial charge on any atom is 0.276 e. The van der Waals surface area contributed by atoms with Gasteiger partial charge in [-0.3, -0.25) is 4.79 Å². The van der Waals surface area contributed by atoms with Crippen molar-refractivity contribution in [1.29, 1.82) is 0 Å². The second-order valence-corrected chi connectivity index (χ2v) is 7.09. The normalized spacial score (nSPS) is 13.1. The molecule has 2 aromatic carbocycles. The van der Waals surface area contributed by atoms with Crippen molar-refractivity contribution in [3.63, 3.8) is 0 Å². The van der Waals surface area contributed by atoms with Crippen molar-refractivity contribution >= 4 is 17.3 Å². The zero-order chi connectivity index (χ0) is 19.3. The minimum Gasteiger partial charge on any atom is -0.366 e. The Morgan fingerprint density at radius 3 is 2.57 bits per heavy atom. The largest absolute Gasteiger partial charge is 0.366 e. The van der Waals surface area contributed by atoms with Gasteiger partial charge in [0.05, 0.1) is 11.9 Å². The Labute approximate surface area is 166 Å². The van der Waals surface area contributed by atoms with E-state index in [-0.39, 0.29) is 5.91 Å². The molecule has 0 radical (unpaired) electrons. The number of aromatic nitrogens is 1. The number of pyridine rings is 1. The maximum absolute atomic E-state index is 13.1. The predicted molar refractivity (Wildman–Crippen MR) is 114 cm³/mol. The summed E-state index contributed by atoms with van der Waals surface area (Å²) >= 11 is 0. The average molecular weight is 371 g/mol. The van der Waals surface area contributed by atoms with E-state index in [1.807, 2.05) is 47.5 Å². The highest BCUT2D eigenvalue weighted by Crippen LogP contribution is 2.28. The molecule has 2 heterocycles. The van der Waals surface area contributed by atoms with Crippen LogP contribution in [-0.4, -0.2) is 24.0 Å². The van der Waals surface area contributed by atoms with Crippen LogP contribution in [0.1, 0.15) is 35.0 Å². The van der Waals surface area contributed by atoms with Crippen LogP contribution >= 0.6 is 0 Å². The maximum atomic E-state index is 13.1. The van der Waals surface area contributed by atoms with Crippen molar-refractivity contribution in [1.82, 2.24) is 4.98 Å². The Kier molecular flexibility index (Phi) is 5.38. The van der Waals surface area contributed by atoms with Gasteiger partial charge in [-0.15, -0.1) is 0 Å². The molecule has 0 bridgehead atoms. The quantitative estimate of drug-likeness (QED) is 0.652. The van der Waals surface area contributed by atoms with Gasteiger partial charge in [0.25, 0.3) is 5.91 Å². The fourth-order valence-electron chi connectivity index (χ4n) is 3.77. The van der Waals surface area contributed by atoms with Gasteiger partial charge >= 0.3 is 0 Å². The third-order valence-electron chi connectivity index (χ3n) is 5.29. The van der Waals surface area contributed by atoms with Gasteiger partial charge in [-0.1, -0.05) is 48.5 Å². The number of fused-ring (bicyclic) bond motifs is 1. The van der Waals surface area contributed by atoms with Crippen LogP contribution in [0.25, 0.3) is 0 Å². The fraction of sp³-hybridized carbons (Fsp3) is 0.250. The second kappa shape index (κ2) is 8.26. The van der Waals surface area contributed by atoms with E-state index in [4.69, 9.17) is 0 Å². The van der Waals surface area contributed by atoms with Crippen molar-refractivity contribution in [3.05, 3.63) is 89.7 Å². The molecule has 142 valence electrons. The van der Waals surface area contributed by atoms with E-state index < -0.39 is 0 Å². The molecule has 1 aliphatic heterocycles. The summed E-state index contributed by atoms with van der Waals surface area (Å²) in [5, 5.41) is 0. The molecule has 0 N–H and O–H groups in total. The van der Waals surface area contributed by atoms with Crippen molar-refractivity contribution in [3.8, 4) is 0 Å². The molecule has 0 atom stereocenters. The van der Waals surface area contributed by atoms with Crippen LogP contribution in [0.5, 0.6) is 0 Å². The van der Waals surface area contributed by atoms with Crippen LogP contribution < -0.4 is 9.80 Å². The van der Waals surface area contributed by atoms with E-state index in [1.165, 1.54) is 11.1 Å². The standard InChI is InChI=1S/C24H25N3O/c1-2-26(18-19-9-4-3-5-10-19)21-14-15-22(25-17-21)24(28)27-16-8-12-20-11-6-7-13-23(20)27/h3-7,9-11,13-15,17H,2,8,12,16,18H2,1H3. The van der Waals surface area contributed by atoms with Crippen molar-refractivity contribution in [2.24, 2.45) is 0 Å². The van der Waals surface area contributed by atoms with E-state index >= 15 is 0 Å². The van der Waals surface area contributed by atoms with Crippen LogP contribution in [0.3, 0.4) is 0 Å². The summed E-state index contributed by atoms with van der Waals surface area (Å²) in [6.45, 7) is 4.58. The van der Waals surface area contributed by atoms with Crippen molar-refractivity contribution < 1.29 is 4.79 Å². The molecule has 1 aliphatic rings. The first-order valence-electron chi connectivity index (χ1n) is 9.91. The van der Waals surface area contributed by atoms with Gasteiger partial charge < -0.3 is 9.80 Å². The molecule has 0 saturated heterocycles. The highest BCUT2D eigenvalue weighted by atomic mass is 16.2. The first-order chi connectivity index (χ1) is 13.8. The number of carbonyl (C=O) groups is 1. The highest BCUT2D eigenvalue weighted by molar-refractivity contribution is 6.05. The molecule has 4 heteroatoms. The summed E-state index contributed by atoms with van der Waals surface area (Å²) in [4.78, 5) is 21.7. The third kappa shape index (κ3) is 3.77. The lowest BCUT2D eigenvalue weighted by atomic mass is 10.0. The van der Waals surface area contributed by atoms with Crippen LogP contribution in [0.4, 0.5) is 11.4 Å². The monoisotopic (exact) mass is 371 g/mol. The topological polar surface area (TPSA) is 36.4 Å². The van der Waals surface area contributed by atoms with Crippen LogP contribution in [-0.2, 0) is 13.0 Å². The van der Waals surface area contributed by atoms with Crippen LogP contribution in [0.15, 0.2) is 72.9 Å². The Morgan fingerprint density at radius 2 is 1.82 bits per heavy atom. The Bertz CT molecular complexity index is 938. The number of aryl methyl sites for hydroxylation is 1. The summed E-state index contributed by atoms with van der Waals surface area (Å²) in [5.74, 6) is -0.0233. The Balaban J connectivity index is 1.52. The number of hydrogen-bond donors (Lipinski definition) is 0. The number of amides is 1. The molecule has 3 aromatic rings. The molecule has 28 heavy (non-hydrogen) atoms. The summed E-state index contributed by atoms with van der Waals surface area (Å²) in [5.41, 5.74) is 5.04. The first kappa shape index (κ1) is 18.2. The number of nitrogens with zero attached hydrogens (tertiary/aromatic N) is 3. The van der Waals surface area contributed by atoms with Gasteiger partial charge in [-0.05, 0) is 49.1 Å². The van der Waals surface area contributed by atoms with E-state index in [0.29, 0.717) is 5.69 Å². The van der Waals surface area contributed by atoms with E-state index in [2.05, 4.69) is 47.1 Å². The summed E-state index contributed by atoms with van der Waals surface area (Å²) < 4.78 is 0. The number of carbonyl (C=O) groups excluding carboxylic acids is 1. The molecular formula is C24H25N3O. The lowest BCUT2D eigenvalue weighted by Gasteiger charge is -2.29. The summed E-state index contributed by atoms with van der Waals surface area (Å²) in [6, 6.07) is 22.4. The van der Waals surface area contributed by atoms with Gasteiger partial charge in [-0.25, -0.2) is 4.98 Å². The average Bonchev–Trinajstić information content (AvgIpc) is 2.77. The second-order valence-electron chi connectivity index (χ2n) is 7.09. The number of benzene rings is 2. The smallest absolute Gasteiger partial charge is 0.276 e. The van der Waals surface area contributed by atoms with Crippen LogP contribution in [0, 0.1) is 0 Å².